The largest absolute Gasteiger partial charge is 0.332 e. The molecule has 0 aromatic heterocycles. The molecule has 0 heterocycles. The summed E-state index contributed by atoms with van der Waals surface area (Å²) >= 11 is 0. The fourth-order valence-electron chi connectivity index (χ4n) is 0.593. The first-order valence-electron chi connectivity index (χ1n) is 3.36. The summed E-state index contributed by atoms with van der Waals surface area (Å²) in [5, 5.41) is 0. The second kappa shape index (κ2) is 4.12. The summed E-state index contributed by atoms with van der Waals surface area (Å²) in [6, 6.07) is 0. The zero-order valence-electron chi connectivity index (χ0n) is 6.96. The van der Waals surface area contributed by atoms with Gasteiger partial charge in [0.1, 0.15) is 0 Å². The lowest BCUT2D eigenvalue weighted by Crippen LogP contribution is -2.03. The lowest BCUT2D eigenvalue weighted by atomic mass is 10.6. The van der Waals surface area contributed by atoms with Crippen molar-refractivity contribution in [3.8, 4) is 0 Å². The van der Waals surface area contributed by atoms with Crippen molar-refractivity contribution < 1.29 is 13.6 Å². The highest BCUT2D eigenvalue weighted by Gasteiger charge is 2.26. The second-order valence-corrected chi connectivity index (χ2v) is 4.97. The van der Waals surface area contributed by atoms with Gasteiger partial charge in [-0.2, -0.15) is 0 Å². The van der Waals surface area contributed by atoms with Crippen molar-refractivity contribution >= 4 is 7.60 Å². The molecule has 10 heavy (non-hydrogen) atoms. The normalized spacial score (nSPS) is 17.3. The van der Waals surface area contributed by atoms with Crippen LogP contribution >= 0.6 is 7.60 Å². The fraction of sp³-hybridized carbons (Fsp3) is 1.00. The summed E-state index contributed by atoms with van der Waals surface area (Å²) in [6.45, 7) is 5.87. The Morgan fingerprint density at radius 3 is 2.10 bits per heavy atom. The van der Waals surface area contributed by atoms with Crippen LogP contribution < -0.4 is 0 Å². The molecule has 0 N–H and O–H groups in total. The molecule has 0 aromatic rings. The van der Waals surface area contributed by atoms with E-state index in [1.54, 1.807) is 6.92 Å². The van der Waals surface area contributed by atoms with E-state index in [1.807, 2.05) is 13.8 Å². The van der Waals surface area contributed by atoms with Gasteiger partial charge in [-0.3, -0.25) is 4.57 Å². The van der Waals surface area contributed by atoms with Crippen molar-refractivity contribution in [3.63, 3.8) is 0 Å². The predicted molar refractivity (Wildman–Crippen MR) is 41.4 cm³/mol. The molecule has 0 rings (SSSR count). The zero-order valence-corrected chi connectivity index (χ0v) is 7.85. The second-order valence-electron chi connectivity index (χ2n) is 2.23. The number of hydrogen-bond donors (Lipinski definition) is 0. The third-order valence-corrected chi connectivity index (χ3v) is 3.59. The van der Waals surface area contributed by atoms with Gasteiger partial charge in [-0.1, -0.05) is 13.8 Å². The lowest BCUT2D eigenvalue weighted by Gasteiger charge is -2.18. The average molecular weight is 166 g/mol. The van der Waals surface area contributed by atoms with Gasteiger partial charge >= 0.3 is 7.60 Å². The van der Waals surface area contributed by atoms with E-state index < -0.39 is 7.60 Å². The van der Waals surface area contributed by atoms with Crippen LogP contribution in [0.2, 0.25) is 0 Å². The van der Waals surface area contributed by atoms with Gasteiger partial charge < -0.3 is 9.05 Å². The highest BCUT2D eigenvalue weighted by Crippen LogP contribution is 2.51. The van der Waals surface area contributed by atoms with Crippen LogP contribution in [0, 0.1) is 0 Å². The first-order chi connectivity index (χ1) is 4.56. The van der Waals surface area contributed by atoms with Crippen LogP contribution in [0.5, 0.6) is 0 Å². The molecule has 3 nitrogen and oxygen atoms in total. The van der Waals surface area contributed by atoms with E-state index in [2.05, 4.69) is 0 Å². The minimum Gasteiger partial charge on any atom is -0.312 e. The molecule has 0 radical (unpaired) electrons. The minimum absolute atomic E-state index is 0.0579. The smallest absolute Gasteiger partial charge is 0.312 e. The maximum Gasteiger partial charge on any atom is 0.332 e. The van der Waals surface area contributed by atoms with Crippen LogP contribution in [0.15, 0.2) is 0 Å². The summed E-state index contributed by atoms with van der Waals surface area (Å²) in [5.41, 5.74) is -0.0579. The third-order valence-electron chi connectivity index (χ3n) is 1.20. The summed E-state index contributed by atoms with van der Waals surface area (Å²) in [7, 11) is -1.36. The Balaban J connectivity index is 4.10. The first-order valence-corrected chi connectivity index (χ1v) is 4.98. The monoisotopic (exact) mass is 166 g/mol. The van der Waals surface area contributed by atoms with Gasteiger partial charge in [-0.05, 0) is 6.92 Å². The quantitative estimate of drug-likeness (QED) is 0.601. The van der Waals surface area contributed by atoms with Gasteiger partial charge in [0.05, 0.1) is 12.3 Å². The molecular formula is C6H15O3P. The van der Waals surface area contributed by atoms with Gasteiger partial charge in [-0.15, -0.1) is 0 Å². The molecule has 0 amide bonds. The Hall–Kier alpha value is 0.150. The van der Waals surface area contributed by atoms with E-state index in [1.165, 1.54) is 7.11 Å². The predicted octanol–water partition coefficient (Wildman–Crippen LogP) is 2.27. The van der Waals surface area contributed by atoms with Gasteiger partial charge in [-0.25, -0.2) is 0 Å². The summed E-state index contributed by atoms with van der Waals surface area (Å²) in [6.07, 6.45) is 0. The molecule has 1 unspecified atom stereocenters. The van der Waals surface area contributed by atoms with Crippen LogP contribution in [0.25, 0.3) is 0 Å². The molecule has 0 aliphatic heterocycles. The summed E-state index contributed by atoms with van der Waals surface area (Å²) < 4.78 is 21.2. The van der Waals surface area contributed by atoms with Crippen LogP contribution in [-0.2, 0) is 13.6 Å². The van der Waals surface area contributed by atoms with E-state index in [-0.39, 0.29) is 5.66 Å². The van der Waals surface area contributed by atoms with Crippen molar-refractivity contribution in [2.45, 2.75) is 26.4 Å². The Bertz CT molecular complexity index is 133. The molecule has 0 saturated heterocycles. The molecule has 62 valence electrons. The van der Waals surface area contributed by atoms with Crippen molar-refractivity contribution in [2.24, 2.45) is 0 Å². The molecule has 1 atom stereocenters. The van der Waals surface area contributed by atoms with E-state index in [4.69, 9.17) is 9.05 Å². The fourth-order valence-corrected chi connectivity index (χ4v) is 1.78. The summed E-state index contributed by atoms with van der Waals surface area (Å²) in [5.74, 6) is 0. The van der Waals surface area contributed by atoms with Crippen molar-refractivity contribution in [1.29, 1.82) is 0 Å². The van der Waals surface area contributed by atoms with Crippen molar-refractivity contribution in [1.82, 2.24) is 0 Å². The van der Waals surface area contributed by atoms with Crippen LogP contribution in [0.1, 0.15) is 20.8 Å². The SMILES string of the molecule is CCOP(=O)(OC)C(C)C. The zero-order chi connectivity index (χ0) is 8.20. The van der Waals surface area contributed by atoms with E-state index in [0.29, 0.717) is 6.61 Å². The molecular weight excluding hydrogens is 151 g/mol. The average Bonchev–Trinajstić information content (AvgIpc) is 1.88. The lowest BCUT2D eigenvalue weighted by molar-refractivity contribution is 0.238. The van der Waals surface area contributed by atoms with E-state index in [0.717, 1.165) is 0 Å². The van der Waals surface area contributed by atoms with Gasteiger partial charge in [0.2, 0.25) is 0 Å². The van der Waals surface area contributed by atoms with Crippen LogP contribution in [0.4, 0.5) is 0 Å². The highest BCUT2D eigenvalue weighted by atomic mass is 31.2. The van der Waals surface area contributed by atoms with E-state index in [9.17, 15) is 4.57 Å². The molecule has 0 aliphatic rings. The maximum atomic E-state index is 11.4. The van der Waals surface area contributed by atoms with Crippen molar-refractivity contribution in [3.05, 3.63) is 0 Å². The Labute approximate surface area is 62.3 Å². The molecule has 0 fully saturated rings. The first kappa shape index (κ1) is 10.2. The Kier molecular flexibility index (Phi) is 4.18. The van der Waals surface area contributed by atoms with Gasteiger partial charge in [0.15, 0.2) is 0 Å². The molecule has 4 heteroatoms. The standard InChI is InChI=1S/C6H15O3P/c1-5-9-10(7,8-4)6(2)3/h6H,5H2,1-4H3. The molecule has 0 bridgehead atoms. The molecule has 0 spiro atoms. The Morgan fingerprint density at radius 1 is 1.50 bits per heavy atom. The highest BCUT2D eigenvalue weighted by molar-refractivity contribution is 7.54. The van der Waals surface area contributed by atoms with Crippen LogP contribution in [0.3, 0.4) is 0 Å². The van der Waals surface area contributed by atoms with Crippen LogP contribution in [-0.4, -0.2) is 19.4 Å². The number of hydrogen-bond acceptors (Lipinski definition) is 3. The number of rotatable bonds is 4. The Morgan fingerprint density at radius 2 is 2.00 bits per heavy atom. The maximum absolute atomic E-state index is 11.4. The third kappa shape index (κ3) is 2.41. The van der Waals surface area contributed by atoms with E-state index >= 15 is 0 Å². The van der Waals surface area contributed by atoms with Crippen molar-refractivity contribution in [2.75, 3.05) is 13.7 Å². The van der Waals surface area contributed by atoms with Gasteiger partial charge in [0.25, 0.3) is 0 Å². The molecule has 0 saturated carbocycles. The molecule has 0 aliphatic carbocycles. The summed E-state index contributed by atoms with van der Waals surface area (Å²) in [4.78, 5) is 0. The van der Waals surface area contributed by atoms with Gasteiger partial charge in [0, 0.05) is 7.11 Å². The topological polar surface area (TPSA) is 35.5 Å². The minimum atomic E-state index is -2.77. The molecule has 0 aromatic carbocycles.